The average Bonchev–Trinajstić information content (AvgIpc) is 3.55. The second kappa shape index (κ2) is 15.0. The lowest BCUT2D eigenvalue weighted by Crippen LogP contribution is -2.30. The normalized spacial score (nSPS) is 11.8. The summed E-state index contributed by atoms with van der Waals surface area (Å²) in [7, 11) is 3.06. The predicted molar refractivity (Wildman–Crippen MR) is 183 cm³/mol. The van der Waals surface area contributed by atoms with Crippen molar-refractivity contribution in [1.29, 1.82) is 0 Å². The van der Waals surface area contributed by atoms with Crippen molar-refractivity contribution < 1.29 is 23.9 Å². The molecule has 0 aliphatic heterocycles. The van der Waals surface area contributed by atoms with Crippen LogP contribution in [0.5, 0.6) is 11.5 Å². The number of ether oxygens (including phenoxy) is 2. The average molecular weight is 635 g/mol. The van der Waals surface area contributed by atoms with E-state index >= 15 is 0 Å². The Morgan fingerprint density at radius 2 is 1.61 bits per heavy atom. The maximum Gasteiger partial charge on any atom is 0.272 e. The summed E-state index contributed by atoms with van der Waals surface area (Å²) in [6, 6.07) is 28.8. The van der Waals surface area contributed by atoms with Gasteiger partial charge in [0.15, 0.2) is 11.5 Å². The number of methoxy groups -OCH3 is 2. The molecule has 46 heavy (non-hydrogen) atoms. The van der Waals surface area contributed by atoms with Crippen molar-refractivity contribution in [3.05, 3.63) is 120 Å². The topological polar surface area (TPSA) is 122 Å². The number of thioether (sulfide) groups is 1. The van der Waals surface area contributed by atoms with Crippen molar-refractivity contribution in [2.45, 2.75) is 23.5 Å². The molecule has 9 nitrogen and oxygen atoms in total. The van der Waals surface area contributed by atoms with Gasteiger partial charge in [-0.3, -0.25) is 14.4 Å². The fraction of sp³-hybridized carbons (Fsp3) is 0.139. The van der Waals surface area contributed by atoms with Crippen molar-refractivity contribution in [2.75, 3.05) is 24.9 Å². The van der Waals surface area contributed by atoms with Crippen molar-refractivity contribution in [3.63, 3.8) is 0 Å². The van der Waals surface area contributed by atoms with Crippen molar-refractivity contribution in [1.82, 2.24) is 10.3 Å². The Kier molecular flexibility index (Phi) is 10.4. The van der Waals surface area contributed by atoms with Crippen LogP contribution in [0.3, 0.4) is 0 Å². The standard InChI is InChI=1S/C36H34N4O5S/c1-4-33(36(43)39-27-15-14-24-17-18-37-29(24)22-27)46-28-12-8-11-26(21-28)38-35(42)30(40-34(41)25-9-6-5-7-10-25)19-23-13-16-31(44-2)32(20-23)45-3/h5-22,33,37H,4H2,1-3H3,(H,38,42)(H,39,43)(H,40,41)/b30-19+. The van der Waals surface area contributed by atoms with E-state index < -0.39 is 11.8 Å². The lowest BCUT2D eigenvalue weighted by Gasteiger charge is -2.16. The predicted octanol–water partition coefficient (Wildman–Crippen LogP) is 7.10. The van der Waals surface area contributed by atoms with Crippen LogP contribution in [-0.2, 0) is 9.59 Å². The van der Waals surface area contributed by atoms with Gasteiger partial charge in [0.2, 0.25) is 5.91 Å². The zero-order valence-electron chi connectivity index (χ0n) is 25.6. The number of aromatic nitrogens is 1. The number of nitrogens with one attached hydrogen (secondary N) is 4. The number of rotatable bonds is 12. The number of aromatic amines is 1. The van der Waals surface area contributed by atoms with Crippen LogP contribution in [0.15, 0.2) is 114 Å². The second-order valence-corrected chi connectivity index (χ2v) is 11.5. The maximum absolute atomic E-state index is 13.6. The lowest BCUT2D eigenvalue weighted by atomic mass is 10.1. The molecule has 1 aromatic heterocycles. The molecule has 3 amide bonds. The number of hydrogen-bond donors (Lipinski definition) is 4. The maximum atomic E-state index is 13.6. The van der Waals surface area contributed by atoms with Gasteiger partial charge in [-0.25, -0.2) is 0 Å². The van der Waals surface area contributed by atoms with E-state index in [1.807, 2.05) is 55.6 Å². The monoisotopic (exact) mass is 634 g/mol. The molecule has 234 valence electrons. The van der Waals surface area contributed by atoms with Gasteiger partial charge in [-0.15, -0.1) is 11.8 Å². The molecule has 1 atom stereocenters. The molecule has 5 rings (SSSR count). The Balaban J connectivity index is 1.33. The van der Waals surface area contributed by atoms with Crippen LogP contribution < -0.4 is 25.4 Å². The summed E-state index contributed by atoms with van der Waals surface area (Å²) >= 11 is 1.41. The van der Waals surface area contributed by atoms with Crippen molar-refractivity contribution in [3.8, 4) is 11.5 Å². The third kappa shape index (κ3) is 7.96. The van der Waals surface area contributed by atoms with E-state index in [4.69, 9.17) is 9.47 Å². The van der Waals surface area contributed by atoms with Gasteiger partial charge in [-0.1, -0.05) is 43.3 Å². The van der Waals surface area contributed by atoms with Gasteiger partial charge in [0.25, 0.3) is 11.8 Å². The van der Waals surface area contributed by atoms with Gasteiger partial charge in [0.1, 0.15) is 5.70 Å². The van der Waals surface area contributed by atoms with Crippen LogP contribution in [0.1, 0.15) is 29.3 Å². The highest BCUT2D eigenvalue weighted by molar-refractivity contribution is 8.00. The number of carbonyl (C=O) groups is 3. The number of H-pyrrole nitrogens is 1. The molecule has 0 aliphatic carbocycles. The summed E-state index contributed by atoms with van der Waals surface area (Å²) in [5.41, 5.74) is 3.22. The molecule has 0 saturated heterocycles. The van der Waals surface area contributed by atoms with Gasteiger partial charge in [-0.2, -0.15) is 0 Å². The van der Waals surface area contributed by atoms with Crippen LogP contribution in [0.4, 0.5) is 11.4 Å². The summed E-state index contributed by atoms with van der Waals surface area (Å²) in [5, 5.41) is 9.36. The summed E-state index contributed by atoms with van der Waals surface area (Å²) in [6.45, 7) is 1.96. The number of amides is 3. The first-order valence-corrected chi connectivity index (χ1v) is 15.5. The van der Waals surface area contributed by atoms with Crippen LogP contribution in [0.25, 0.3) is 17.0 Å². The summed E-state index contributed by atoms with van der Waals surface area (Å²) in [5.74, 6) is -0.0512. The first-order chi connectivity index (χ1) is 22.4. The zero-order valence-corrected chi connectivity index (χ0v) is 26.4. The Bertz CT molecular complexity index is 1890. The van der Waals surface area contributed by atoms with Crippen LogP contribution in [0.2, 0.25) is 0 Å². The van der Waals surface area contributed by atoms with E-state index in [0.29, 0.717) is 40.4 Å². The van der Waals surface area contributed by atoms with Crippen LogP contribution in [0, 0.1) is 0 Å². The Labute approximate surface area is 271 Å². The Morgan fingerprint density at radius 3 is 2.37 bits per heavy atom. The van der Waals surface area contributed by atoms with Crippen molar-refractivity contribution in [2.24, 2.45) is 0 Å². The van der Waals surface area contributed by atoms with E-state index in [-0.39, 0.29) is 16.9 Å². The summed E-state index contributed by atoms with van der Waals surface area (Å²) < 4.78 is 10.7. The largest absolute Gasteiger partial charge is 0.493 e. The molecule has 0 bridgehead atoms. The number of benzene rings is 4. The fourth-order valence-electron chi connectivity index (χ4n) is 4.73. The van der Waals surface area contributed by atoms with E-state index in [0.717, 1.165) is 15.8 Å². The minimum absolute atomic E-state index is 0.0315. The van der Waals surface area contributed by atoms with Gasteiger partial charge in [-0.05, 0) is 84.1 Å². The van der Waals surface area contributed by atoms with E-state index in [2.05, 4.69) is 20.9 Å². The molecule has 1 heterocycles. The van der Waals surface area contributed by atoms with Gasteiger partial charge in [0, 0.05) is 33.5 Å². The fourth-order valence-corrected chi connectivity index (χ4v) is 5.75. The highest BCUT2D eigenvalue weighted by Gasteiger charge is 2.20. The van der Waals surface area contributed by atoms with E-state index in [9.17, 15) is 14.4 Å². The molecule has 0 fully saturated rings. The Hall–Kier alpha value is -5.48. The molecule has 10 heteroatoms. The molecule has 0 saturated carbocycles. The molecule has 5 aromatic rings. The molecule has 0 aliphatic rings. The number of anilines is 2. The molecular weight excluding hydrogens is 600 g/mol. The SMILES string of the molecule is CCC(Sc1cccc(NC(=O)/C(=C\c2ccc(OC)c(OC)c2)NC(=O)c2ccccc2)c1)C(=O)Nc1ccc2cc[nH]c2c1. The van der Waals surface area contributed by atoms with Crippen molar-refractivity contribution >= 4 is 57.8 Å². The molecule has 0 radical (unpaired) electrons. The van der Waals surface area contributed by atoms with Gasteiger partial charge >= 0.3 is 0 Å². The summed E-state index contributed by atoms with van der Waals surface area (Å²) in [4.78, 5) is 43.8. The highest BCUT2D eigenvalue weighted by Crippen LogP contribution is 2.30. The van der Waals surface area contributed by atoms with Crippen LogP contribution in [-0.4, -0.2) is 42.2 Å². The van der Waals surface area contributed by atoms with E-state index in [1.54, 1.807) is 60.7 Å². The number of fused-ring (bicyclic) bond motifs is 1. The number of hydrogen-bond acceptors (Lipinski definition) is 6. The number of carbonyl (C=O) groups excluding carboxylic acids is 3. The lowest BCUT2D eigenvalue weighted by molar-refractivity contribution is -0.116. The molecule has 0 spiro atoms. The summed E-state index contributed by atoms with van der Waals surface area (Å²) in [6.07, 6.45) is 4.03. The Morgan fingerprint density at radius 1 is 0.826 bits per heavy atom. The highest BCUT2D eigenvalue weighted by atomic mass is 32.2. The van der Waals surface area contributed by atoms with Crippen LogP contribution >= 0.6 is 11.8 Å². The molecular formula is C36H34N4O5S. The third-order valence-corrected chi connectivity index (χ3v) is 8.46. The smallest absolute Gasteiger partial charge is 0.272 e. The van der Waals surface area contributed by atoms with Gasteiger partial charge in [0.05, 0.1) is 19.5 Å². The second-order valence-electron chi connectivity index (χ2n) is 10.3. The molecule has 4 aromatic carbocycles. The zero-order chi connectivity index (χ0) is 32.5. The minimum atomic E-state index is -0.522. The quantitative estimate of drug-likeness (QED) is 0.0858. The molecule has 4 N–H and O–H groups in total. The first-order valence-electron chi connectivity index (χ1n) is 14.6. The minimum Gasteiger partial charge on any atom is -0.493 e. The van der Waals surface area contributed by atoms with E-state index in [1.165, 1.54) is 26.0 Å². The molecule has 1 unspecified atom stereocenters. The third-order valence-electron chi connectivity index (χ3n) is 7.10. The van der Waals surface area contributed by atoms with Gasteiger partial charge < -0.3 is 30.4 Å². The first kappa shape index (κ1) is 31.9.